The first kappa shape index (κ1) is 9.85. The topological polar surface area (TPSA) is 98.3 Å². The van der Waals surface area contributed by atoms with Gasteiger partial charge >= 0.3 is 5.97 Å². The van der Waals surface area contributed by atoms with Crippen molar-refractivity contribution in [1.82, 2.24) is 9.97 Å². The molecule has 1 aliphatic heterocycles. The molecule has 0 bridgehead atoms. The van der Waals surface area contributed by atoms with E-state index in [4.69, 9.17) is 15.6 Å². The van der Waals surface area contributed by atoms with Crippen molar-refractivity contribution < 1.29 is 14.6 Å². The molecule has 0 spiro atoms. The van der Waals surface area contributed by atoms with Gasteiger partial charge in [-0.3, -0.25) is 0 Å². The summed E-state index contributed by atoms with van der Waals surface area (Å²) < 4.78 is 5.25. The Balaban J connectivity index is 2.54. The second-order valence-corrected chi connectivity index (χ2v) is 3.27. The molecular weight excluding hydrogens is 198 g/mol. The predicted molar refractivity (Wildman–Crippen MR) is 51.6 cm³/mol. The van der Waals surface area contributed by atoms with Crippen molar-refractivity contribution in [2.24, 2.45) is 0 Å². The summed E-state index contributed by atoms with van der Waals surface area (Å²) in [7, 11) is 0. The minimum atomic E-state index is -1.07. The van der Waals surface area contributed by atoms with E-state index in [0.29, 0.717) is 37.3 Å². The zero-order valence-corrected chi connectivity index (χ0v) is 8.06. The van der Waals surface area contributed by atoms with Crippen LogP contribution in [0.25, 0.3) is 0 Å². The molecule has 3 N–H and O–H groups in total. The lowest BCUT2D eigenvalue weighted by Gasteiger charge is -2.07. The maximum atomic E-state index is 11.0. The minimum Gasteiger partial charge on any atom is -0.476 e. The summed E-state index contributed by atoms with van der Waals surface area (Å²) in [4.78, 5) is 18.7. The predicted octanol–water partition coefficient (Wildman–Crippen LogP) is -0.128. The summed E-state index contributed by atoms with van der Waals surface area (Å²) in [5.74, 6) is -1.06. The van der Waals surface area contributed by atoms with Gasteiger partial charge in [-0.15, -0.1) is 0 Å². The lowest BCUT2D eigenvalue weighted by Crippen LogP contribution is -2.13. The molecule has 0 atom stereocenters. The van der Waals surface area contributed by atoms with Crippen molar-refractivity contribution in [3.63, 3.8) is 0 Å². The summed E-state index contributed by atoms with van der Waals surface area (Å²) in [5.41, 5.74) is 6.79. The molecule has 6 heteroatoms. The van der Waals surface area contributed by atoms with Gasteiger partial charge in [0.15, 0.2) is 5.69 Å². The number of carboxylic acids is 1. The van der Waals surface area contributed by atoms with Gasteiger partial charge in [0.2, 0.25) is 5.95 Å². The Hall–Kier alpha value is -1.69. The number of fused-ring (bicyclic) bond motifs is 1. The first-order chi connectivity index (χ1) is 7.18. The van der Waals surface area contributed by atoms with E-state index < -0.39 is 5.97 Å². The highest BCUT2D eigenvalue weighted by atomic mass is 16.5. The molecule has 1 aliphatic rings. The molecule has 0 saturated heterocycles. The number of aromatic carboxylic acids is 1. The van der Waals surface area contributed by atoms with Gasteiger partial charge < -0.3 is 15.6 Å². The van der Waals surface area contributed by atoms with E-state index >= 15 is 0 Å². The summed E-state index contributed by atoms with van der Waals surface area (Å²) >= 11 is 0. The number of hydrogen-bond acceptors (Lipinski definition) is 5. The van der Waals surface area contributed by atoms with Gasteiger partial charge in [-0.25, -0.2) is 14.8 Å². The molecule has 1 aromatic rings. The molecule has 0 saturated carbocycles. The number of nitrogens with two attached hydrogens (primary N) is 1. The standard InChI is InChI=1S/C9H11N3O3/c10-9-11-6-2-4-15-3-1-5(6)7(12-9)8(13)14/h1-4H2,(H,13,14)(H2,10,11,12). The zero-order valence-electron chi connectivity index (χ0n) is 8.06. The molecule has 6 nitrogen and oxygen atoms in total. The molecule has 80 valence electrons. The van der Waals surface area contributed by atoms with Gasteiger partial charge in [0.05, 0.1) is 18.9 Å². The molecule has 15 heavy (non-hydrogen) atoms. The monoisotopic (exact) mass is 209 g/mol. The SMILES string of the molecule is Nc1nc2c(c(C(=O)O)n1)CCOCC2. The van der Waals surface area contributed by atoms with Crippen LogP contribution in [0.3, 0.4) is 0 Å². The van der Waals surface area contributed by atoms with Gasteiger partial charge in [-0.05, 0) is 6.42 Å². The quantitative estimate of drug-likeness (QED) is 0.668. The van der Waals surface area contributed by atoms with Crippen LogP contribution in [0.5, 0.6) is 0 Å². The first-order valence-electron chi connectivity index (χ1n) is 4.65. The van der Waals surface area contributed by atoms with E-state index in [2.05, 4.69) is 9.97 Å². The van der Waals surface area contributed by atoms with Crippen LogP contribution < -0.4 is 5.73 Å². The number of anilines is 1. The third kappa shape index (κ3) is 1.89. The number of ether oxygens (including phenoxy) is 1. The third-order valence-electron chi connectivity index (χ3n) is 2.29. The Labute approximate surface area is 86.1 Å². The van der Waals surface area contributed by atoms with Crippen LogP contribution in [0.4, 0.5) is 5.95 Å². The second-order valence-electron chi connectivity index (χ2n) is 3.27. The highest BCUT2D eigenvalue weighted by Gasteiger charge is 2.20. The van der Waals surface area contributed by atoms with Crippen LogP contribution in [0.15, 0.2) is 0 Å². The largest absolute Gasteiger partial charge is 0.476 e. The Bertz CT molecular complexity index is 406. The van der Waals surface area contributed by atoms with Gasteiger partial charge in [0.25, 0.3) is 0 Å². The molecule has 0 fully saturated rings. The molecule has 2 heterocycles. The van der Waals surface area contributed by atoms with Crippen molar-refractivity contribution in [1.29, 1.82) is 0 Å². The number of carboxylic acid groups (broad SMARTS) is 1. The van der Waals surface area contributed by atoms with E-state index in [9.17, 15) is 4.79 Å². The van der Waals surface area contributed by atoms with Crippen LogP contribution in [-0.4, -0.2) is 34.3 Å². The molecule has 2 rings (SSSR count). The van der Waals surface area contributed by atoms with E-state index in [1.165, 1.54) is 0 Å². The van der Waals surface area contributed by atoms with Gasteiger partial charge in [0, 0.05) is 12.0 Å². The number of carbonyl (C=O) groups is 1. The Morgan fingerprint density at radius 1 is 1.33 bits per heavy atom. The van der Waals surface area contributed by atoms with Crippen molar-refractivity contribution in [3.05, 3.63) is 17.0 Å². The number of nitrogens with zero attached hydrogens (tertiary/aromatic N) is 2. The fourth-order valence-corrected chi connectivity index (χ4v) is 1.64. The van der Waals surface area contributed by atoms with Crippen LogP contribution in [0, 0.1) is 0 Å². The zero-order chi connectivity index (χ0) is 10.8. The van der Waals surface area contributed by atoms with Crippen LogP contribution in [0.1, 0.15) is 21.7 Å². The average Bonchev–Trinajstić information content (AvgIpc) is 2.41. The Morgan fingerprint density at radius 2 is 2.07 bits per heavy atom. The van der Waals surface area contributed by atoms with Crippen LogP contribution in [-0.2, 0) is 17.6 Å². The lowest BCUT2D eigenvalue weighted by molar-refractivity contribution is 0.0688. The molecule has 0 unspecified atom stereocenters. The van der Waals surface area contributed by atoms with Gasteiger partial charge in [0.1, 0.15) is 0 Å². The maximum absolute atomic E-state index is 11.0. The molecule has 0 radical (unpaired) electrons. The molecule has 0 amide bonds. The number of aromatic nitrogens is 2. The summed E-state index contributed by atoms with van der Waals surface area (Å²) in [6.07, 6.45) is 1.11. The molecule has 0 aliphatic carbocycles. The second kappa shape index (κ2) is 3.82. The summed E-state index contributed by atoms with van der Waals surface area (Å²) in [5, 5.41) is 8.97. The van der Waals surface area contributed by atoms with E-state index in [0.717, 1.165) is 0 Å². The smallest absolute Gasteiger partial charge is 0.354 e. The molecule has 1 aromatic heterocycles. The Kier molecular flexibility index (Phi) is 2.51. The van der Waals surface area contributed by atoms with E-state index in [1.807, 2.05) is 0 Å². The van der Waals surface area contributed by atoms with Gasteiger partial charge in [-0.2, -0.15) is 0 Å². The number of rotatable bonds is 1. The first-order valence-corrected chi connectivity index (χ1v) is 4.65. The van der Waals surface area contributed by atoms with Crippen LogP contribution in [0.2, 0.25) is 0 Å². The molecule has 0 aromatic carbocycles. The molecular formula is C9H11N3O3. The van der Waals surface area contributed by atoms with Crippen molar-refractivity contribution in [2.45, 2.75) is 12.8 Å². The number of nitrogen functional groups attached to an aromatic ring is 1. The van der Waals surface area contributed by atoms with Crippen molar-refractivity contribution in [3.8, 4) is 0 Å². The van der Waals surface area contributed by atoms with Crippen LogP contribution >= 0.6 is 0 Å². The maximum Gasteiger partial charge on any atom is 0.354 e. The van der Waals surface area contributed by atoms with E-state index in [-0.39, 0.29) is 11.6 Å². The summed E-state index contributed by atoms with van der Waals surface area (Å²) in [6.45, 7) is 1.04. The van der Waals surface area contributed by atoms with Crippen molar-refractivity contribution in [2.75, 3.05) is 18.9 Å². The fourth-order valence-electron chi connectivity index (χ4n) is 1.64. The third-order valence-corrected chi connectivity index (χ3v) is 2.29. The van der Waals surface area contributed by atoms with Crippen molar-refractivity contribution >= 4 is 11.9 Å². The fraction of sp³-hybridized carbons (Fsp3) is 0.444. The summed E-state index contributed by atoms with van der Waals surface area (Å²) in [6, 6.07) is 0. The van der Waals surface area contributed by atoms with E-state index in [1.54, 1.807) is 0 Å². The Morgan fingerprint density at radius 3 is 2.80 bits per heavy atom. The normalized spacial score (nSPS) is 15.5. The minimum absolute atomic E-state index is 0.00278. The number of hydrogen-bond donors (Lipinski definition) is 2. The average molecular weight is 209 g/mol. The van der Waals surface area contributed by atoms with Gasteiger partial charge in [-0.1, -0.05) is 0 Å². The lowest BCUT2D eigenvalue weighted by atomic mass is 10.1. The highest BCUT2D eigenvalue weighted by Crippen LogP contribution is 2.17. The highest BCUT2D eigenvalue weighted by molar-refractivity contribution is 5.87.